The predicted molar refractivity (Wildman–Crippen MR) is 162 cm³/mol. The Kier molecular flexibility index (Phi) is 8.78. The number of fused-ring (bicyclic) bond motifs is 2. The lowest BCUT2D eigenvalue weighted by Crippen LogP contribution is -2.08. The van der Waals surface area contributed by atoms with Crippen molar-refractivity contribution >= 4 is 21.5 Å². The van der Waals surface area contributed by atoms with Crippen LogP contribution in [0.25, 0.3) is 21.5 Å². The van der Waals surface area contributed by atoms with E-state index in [1.54, 1.807) is 0 Å². The van der Waals surface area contributed by atoms with Gasteiger partial charge in [0.25, 0.3) is 0 Å². The van der Waals surface area contributed by atoms with Crippen molar-refractivity contribution in [2.75, 3.05) is 39.6 Å². The molecule has 6 nitrogen and oxygen atoms in total. The molecule has 0 radical (unpaired) electrons. The molecule has 216 valence electrons. The Morgan fingerprint density at radius 1 is 0.610 bits per heavy atom. The van der Waals surface area contributed by atoms with Crippen molar-refractivity contribution < 1.29 is 28.4 Å². The molecule has 0 amide bonds. The third kappa shape index (κ3) is 7.06. The number of unbranched alkanes of at least 4 members (excludes halogenated alkanes) is 2. The van der Waals surface area contributed by atoms with Gasteiger partial charge in [-0.3, -0.25) is 0 Å². The average Bonchev–Trinajstić information content (AvgIpc) is 3.92. The van der Waals surface area contributed by atoms with E-state index in [9.17, 15) is 0 Å². The Balaban J connectivity index is 1.43. The molecule has 0 N–H and O–H groups in total. The normalized spacial score (nSPS) is 17.5. The maximum Gasteiger partial charge on any atom is 0.123 e. The van der Waals surface area contributed by atoms with Gasteiger partial charge in [-0.25, -0.2) is 0 Å². The van der Waals surface area contributed by atoms with Gasteiger partial charge < -0.3 is 28.4 Å². The molecule has 0 aliphatic carbocycles. The van der Waals surface area contributed by atoms with Crippen LogP contribution in [-0.2, 0) is 15.9 Å². The van der Waals surface area contributed by atoms with E-state index in [1.165, 1.54) is 0 Å². The number of benzene rings is 4. The van der Waals surface area contributed by atoms with Crippen molar-refractivity contribution in [1.29, 1.82) is 0 Å². The Hall–Kier alpha value is -3.48. The second-order valence-electron chi connectivity index (χ2n) is 11.0. The summed E-state index contributed by atoms with van der Waals surface area (Å²) in [7, 11) is 0. The third-order valence-electron chi connectivity index (χ3n) is 7.66. The summed E-state index contributed by atoms with van der Waals surface area (Å²) in [4.78, 5) is 0. The summed E-state index contributed by atoms with van der Waals surface area (Å²) in [6.07, 6.45) is 5.23. The fourth-order valence-electron chi connectivity index (χ4n) is 5.03. The molecule has 4 aromatic carbocycles. The summed E-state index contributed by atoms with van der Waals surface area (Å²) in [5, 5.41) is 4.55. The van der Waals surface area contributed by atoms with Gasteiger partial charge in [0.2, 0.25) is 0 Å². The molecule has 0 aromatic heterocycles. The van der Waals surface area contributed by atoms with Crippen LogP contribution in [0.5, 0.6) is 23.0 Å². The van der Waals surface area contributed by atoms with Crippen LogP contribution in [0.15, 0.2) is 60.7 Å². The van der Waals surface area contributed by atoms with Gasteiger partial charge in [0.1, 0.15) is 48.4 Å². The van der Waals surface area contributed by atoms with Crippen LogP contribution in [0.4, 0.5) is 0 Å². The van der Waals surface area contributed by atoms with Gasteiger partial charge in [0.15, 0.2) is 0 Å². The van der Waals surface area contributed by atoms with Gasteiger partial charge >= 0.3 is 0 Å². The van der Waals surface area contributed by atoms with E-state index in [1.807, 2.05) is 6.07 Å². The van der Waals surface area contributed by atoms with Crippen LogP contribution in [-0.4, -0.2) is 51.8 Å². The lowest BCUT2D eigenvalue weighted by Gasteiger charge is -2.19. The Bertz CT molecular complexity index is 1460. The number of epoxide rings is 2. The molecule has 2 unspecified atom stereocenters. The highest BCUT2D eigenvalue weighted by Crippen LogP contribution is 2.38. The van der Waals surface area contributed by atoms with Crippen molar-refractivity contribution in [3.63, 3.8) is 0 Å². The van der Waals surface area contributed by atoms with E-state index < -0.39 is 0 Å². The molecule has 2 saturated heterocycles. The number of hydrogen-bond acceptors (Lipinski definition) is 6. The summed E-state index contributed by atoms with van der Waals surface area (Å²) >= 11 is 0. The highest BCUT2D eigenvalue weighted by atomic mass is 16.6. The van der Waals surface area contributed by atoms with Gasteiger partial charge in [0.05, 0.1) is 26.4 Å². The van der Waals surface area contributed by atoms with E-state index in [-0.39, 0.29) is 12.2 Å². The van der Waals surface area contributed by atoms with E-state index in [2.05, 4.69) is 68.4 Å². The van der Waals surface area contributed by atoms with Crippen molar-refractivity contribution in [2.24, 2.45) is 0 Å². The summed E-state index contributed by atoms with van der Waals surface area (Å²) in [6, 6.07) is 21.1. The fourth-order valence-corrected chi connectivity index (χ4v) is 5.03. The molecule has 0 bridgehead atoms. The van der Waals surface area contributed by atoms with Crippen LogP contribution in [0.2, 0.25) is 0 Å². The first kappa shape index (κ1) is 27.7. The van der Waals surface area contributed by atoms with Crippen molar-refractivity contribution in [1.82, 2.24) is 0 Å². The largest absolute Gasteiger partial charge is 0.494 e. The highest BCUT2D eigenvalue weighted by Gasteiger charge is 2.25. The molecule has 2 heterocycles. The quantitative estimate of drug-likeness (QED) is 0.105. The molecule has 41 heavy (non-hydrogen) atoms. The molecule has 2 fully saturated rings. The minimum atomic E-state index is 0.167. The van der Waals surface area contributed by atoms with Gasteiger partial charge in [-0.15, -0.1) is 0 Å². The zero-order chi connectivity index (χ0) is 28.0. The topological polar surface area (TPSA) is 62.0 Å². The van der Waals surface area contributed by atoms with Gasteiger partial charge in [-0.2, -0.15) is 0 Å². The predicted octanol–water partition coefficient (Wildman–Crippen LogP) is 7.50. The summed E-state index contributed by atoms with van der Waals surface area (Å²) in [5.74, 6) is 3.49. The van der Waals surface area contributed by atoms with Crippen LogP contribution in [0.3, 0.4) is 0 Å². The second-order valence-corrected chi connectivity index (χ2v) is 11.0. The molecule has 2 atom stereocenters. The molecular weight excluding hydrogens is 516 g/mol. The molecule has 0 spiro atoms. The van der Waals surface area contributed by atoms with Crippen LogP contribution < -0.4 is 18.9 Å². The minimum Gasteiger partial charge on any atom is -0.494 e. The van der Waals surface area contributed by atoms with E-state index >= 15 is 0 Å². The standard InChI is InChI=1S/C35H40O6/c1-3-5-15-36-26-11-7-24-9-13-34(37-16-6-4-2)32(30(24)17-26)19-33-31-18-27(38-20-28-21-39-28)12-8-25(31)10-14-35(33)41-23-29-22-40-29/h7-14,17-18,28-29H,3-6,15-16,19-23H2,1-2H3. The fraction of sp³-hybridized carbons (Fsp3) is 0.429. The van der Waals surface area contributed by atoms with E-state index in [0.717, 1.165) is 94.6 Å². The lowest BCUT2D eigenvalue weighted by molar-refractivity contribution is 0.261. The number of rotatable bonds is 16. The van der Waals surface area contributed by atoms with Crippen molar-refractivity contribution in [3.05, 3.63) is 71.8 Å². The maximum absolute atomic E-state index is 6.41. The van der Waals surface area contributed by atoms with Crippen LogP contribution in [0, 0.1) is 0 Å². The summed E-state index contributed by atoms with van der Waals surface area (Å²) in [5.41, 5.74) is 2.25. The molecule has 2 aliphatic heterocycles. The van der Waals surface area contributed by atoms with Crippen LogP contribution in [0.1, 0.15) is 50.7 Å². The van der Waals surface area contributed by atoms with Crippen LogP contribution >= 0.6 is 0 Å². The number of hydrogen-bond donors (Lipinski definition) is 0. The van der Waals surface area contributed by atoms with E-state index in [4.69, 9.17) is 28.4 Å². The second kappa shape index (κ2) is 13.0. The van der Waals surface area contributed by atoms with E-state index in [0.29, 0.717) is 32.8 Å². The molecular formula is C35H40O6. The average molecular weight is 557 g/mol. The minimum absolute atomic E-state index is 0.167. The monoisotopic (exact) mass is 556 g/mol. The summed E-state index contributed by atoms with van der Waals surface area (Å²) in [6.45, 7) is 8.38. The SMILES string of the molecule is CCCCOc1ccc2ccc(OCCCC)c(Cc3c(OCC4CO4)ccc4ccc(OCC5CO5)cc34)c2c1. The van der Waals surface area contributed by atoms with Gasteiger partial charge in [-0.1, -0.05) is 51.0 Å². The first-order valence-electron chi connectivity index (χ1n) is 15.1. The molecule has 4 aromatic rings. The Morgan fingerprint density at radius 3 is 1.66 bits per heavy atom. The highest BCUT2D eigenvalue weighted by molar-refractivity contribution is 5.93. The van der Waals surface area contributed by atoms with Gasteiger partial charge in [0, 0.05) is 17.5 Å². The first-order valence-corrected chi connectivity index (χ1v) is 15.1. The first-order chi connectivity index (χ1) is 20.2. The summed E-state index contributed by atoms with van der Waals surface area (Å²) < 4.78 is 35.8. The molecule has 0 saturated carbocycles. The zero-order valence-corrected chi connectivity index (χ0v) is 24.2. The smallest absolute Gasteiger partial charge is 0.123 e. The third-order valence-corrected chi connectivity index (χ3v) is 7.66. The number of ether oxygens (including phenoxy) is 6. The Morgan fingerprint density at radius 2 is 1.10 bits per heavy atom. The van der Waals surface area contributed by atoms with Crippen molar-refractivity contribution in [2.45, 2.75) is 58.2 Å². The molecule has 2 aliphatic rings. The molecule has 6 heteroatoms. The Labute approximate surface area is 242 Å². The lowest BCUT2D eigenvalue weighted by atomic mass is 9.93. The van der Waals surface area contributed by atoms with Gasteiger partial charge in [-0.05, 0) is 70.8 Å². The zero-order valence-electron chi connectivity index (χ0n) is 24.2. The molecule has 6 rings (SSSR count). The van der Waals surface area contributed by atoms with Crippen molar-refractivity contribution in [3.8, 4) is 23.0 Å². The maximum atomic E-state index is 6.41.